The number of halogens is 4. The standard InChI is InChI=1S/C22H21F4N7O/c1-14-9-17(30-16-4-2-3-15(10-16)22(24,25)26)11-27-19(14)13-29-32-21-28-12-18(23)20(31-21)33-5-7-34-8-6-33/h2-4,9-12,30H,5-8,13H2,1H3/b32-29+. The van der Waals surface area contributed by atoms with E-state index in [1.165, 1.54) is 12.3 Å². The topological polar surface area (TPSA) is 87.9 Å². The summed E-state index contributed by atoms with van der Waals surface area (Å²) in [7, 11) is 0. The van der Waals surface area contributed by atoms with Gasteiger partial charge in [0, 0.05) is 18.8 Å². The zero-order chi connectivity index (χ0) is 24.1. The maximum Gasteiger partial charge on any atom is 0.416 e. The molecular formula is C22H21F4N7O. The molecule has 0 unspecified atom stereocenters. The van der Waals surface area contributed by atoms with Gasteiger partial charge in [0.05, 0.1) is 42.6 Å². The molecule has 1 N–H and O–H groups in total. The van der Waals surface area contributed by atoms with Gasteiger partial charge in [-0.1, -0.05) is 6.07 Å². The van der Waals surface area contributed by atoms with Crippen molar-refractivity contribution in [2.45, 2.75) is 19.6 Å². The van der Waals surface area contributed by atoms with Crippen LogP contribution in [0.4, 0.5) is 40.7 Å². The average molecular weight is 475 g/mol. The molecule has 0 aliphatic carbocycles. The van der Waals surface area contributed by atoms with Crippen LogP contribution in [0.5, 0.6) is 0 Å². The first kappa shape index (κ1) is 23.5. The van der Waals surface area contributed by atoms with Crippen molar-refractivity contribution in [2.75, 3.05) is 36.5 Å². The van der Waals surface area contributed by atoms with Gasteiger partial charge in [-0.15, -0.1) is 5.11 Å². The molecule has 1 aliphatic heterocycles. The number of aryl methyl sites for hydroxylation is 1. The van der Waals surface area contributed by atoms with E-state index in [4.69, 9.17) is 4.74 Å². The van der Waals surface area contributed by atoms with Crippen molar-refractivity contribution >= 4 is 23.1 Å². The van der Waals surface area contributed by atoms with Gasteiger partial charge in [0.15, 0.2) is 11.6 Å². The van der Waals surface area contributed by atoms with Crippen LogP contribution in [0.2, 0.25) is 0 Å². The SMILES string of the molecule is Cc1cc(Nc2cccc(C(F)(F)F)c2)cnc1C/N=N/c1ncc(F)c(N2CCOCC2)n1. The summed E-state index contributed by atoms with van der Waals surface area (Å²) >= 11 is 0. The van der Waals surface area contributed by atoms with Gasteiger partial charge in [-0.3, -0.25) is 4.98 Å². The van der Waals surface area contributed by atoms with E-state index in [0.29, 0.717) is 43.4 Å². The van der Waals surface area contributed by atoms with Gasteiger partial charge in [0.1, 0.15) is 6.54 Å². The zero-order valence-corrected chi connectivity index (χ0v) is 18.2. The predicted octanol–water partition coefficient (Wildman–Crippen LogP) is 5.20. The van der Waals surface area contributed by atoms with Gasteiger partial charge < -0.3 is 15.0 Å². The van der Waals surface area contributed by atoms with Crippen LogP contribution >= 0.6 is 0 Å². The molecule has 0 bridgehead atoms. The number of ether oxygens (including phenoxy) is 1. The fourth-order valence-corrected chi connectivity index (χ4v) is 3.34. The fourth-order valence-electron chi connectivity index (χ4n) is 3.34. The number of morpholine rings is 1. The van der Waals surface area contributed by atoms with E-state index in [0.717, 1.165) is 23.9 Å². The summed E-state index contributed by atoms with van der Waals surface area (Å²) in [6.45, 7) is 3.96. The fraction of sp³-hybridized carbons (Fsp3) is 0.318. The van der Waals surface area contributed by atoms with Crippen LogP contribution in [0.15, 0.2) is 53.0 Å². The Bertz CT molecular complexity index is 1180. The summed E-state index contributed by atoms with van der Waals surface area (Å²) in [5.74, 6) is -0.350. The Morgan fingerprint density at radius 3 is 2.62 bits per heavy atom. The summed E-state index contributed by atoms with van der Waals surface area (Å²) in [5.41, 5.74) is 1.49. The van der Waals surface area contributed by atoms with Crippen LogP contribution in [0.3, 0.4) is 0 Å². The molecule has 8 nitrogen and oxygen atoms in total. The van der Waals surface area contributed by atoms with Crippen molar-refractivity contribution in [3.63, 3.8) is 0 Å². The first-order valence-electron chi connectivity index (χ1n) is 10.4. The Kier molecular flexibility index (Phi) is 6.96. The molecule has 4 rings (SSSR count). The normalized spacial score (nSPS) is 14.6. The van der Waals surface area contributed by atoms with Crippen LogP contribution in [0.1, 0.15) is 16.8 Å². The van der Waals surface area contributed by atoms with Crippen LogP contribution < -0.4 is 10.2 Å². The third-order valence-electron chi connectivity index (χ3n) is 5.07. The molecule has 3 heterocycles. The first-order chi connectivity index (χ1) is 16.3. The lowest BCUT2D eigenvalue weighted by Gasteiger charge is -2.27. The lowest BCUT2D eigenvalue weighted by molar-refractivity contribution is -0.137. The summed E-state index contributed by atoms with van der Waals surface area (Å²) in [5, 5.41) is 11.0. The molecule has 0 amide bonds. The highest BCUT2D eigenvalue weighted by atomic mass is 19.4. The minimum Gasteiger partial charge on any atom is -0.378 e. The highest BCUT2D eigenvalue weighted by molar-refractivity contribution is 5.60. The maximum absolute atomic E-state index is 14.1. The van der Waals surface area contributed by atoms with Gasteiger partial charge >= 0.3 is 6.18 Å². The minimum absolute atomic E-state index is 0.0309. The van der Waals surface area contributed by atoms with Crippen molar-refractivity contribution in [1.29, 1.82) is 0 Å². The summed E-state index contributed by atoms with van der Waals surface area (Å²) in [4.78, 5) is 14.1. The quantitative estimate of drug-likeness (QED) is 0.389. The Morgan fingerprint density at radius 1 is 1.09 bits per heavy atom. The molecule has 0 spiro atoms. The van der Waals surface area contributed by atoms with Crippen LogP contribution in [-0.4, -0.2) is 41.3 Å². The van der Waals surface area contributed by atoms with Gasteiger partial charge in [-0.05, 0) is 36.8 Å². The second-order valence-corrected chi connectivity index (χ2v) is 7.53. The molecular weight excluding hydrogens is 454 g/mol. The lowest BCUT2D eigenvalue weighted by atomic mass is 10.1. The molecule has 0 radical (unpaired) electrons. The minimum atomic E-state index is -4.42. The zero-order valence-electron chi connectivity index (χ0n) is 18.2. The largest absolute Gasteiger partial charge is 0.416 e. The van der Waals surface area contributed by atoms with Gasteiger partial charge in [0.2, 0.25) is 0 Å². The summed E-state index contributed by atoms with van der Waals surface area (Å²) in [6, 6.07) is 6.68. The molecule has 1 aliphatic rings. The molecule has 2 aromatic heterocycles. The monoisotopic (exact) mass is 475 g/mol. The van der Waals surface area contributed by atoms with Crippen LogP contribution in [-0.2, 0) is 17.5 Å². The number of anilines is 3. The van der Waals surface area contributed by atoms with Gasteiger partial charge in [-0.2, -0.15) is 23.3 Å². The number of benzene rings is 1. The van der Waals surface area contributed by atoms with E-state index in [1.54, 1.807) is 24.0 Å². The molecule has 0 atom stereocenters. The molecule has 1 fully saturated rings. The van der Waals surface area contributed by atoms with E-state index in [-0.39, 0.29) is 18.3 Å². The van der Waals surface area contributed by atoms with Crippen molar-refractivity contribution in [3.8, 4) is 0 Å². The molecule has 3 aromatic rings. The average Bonchev–Trinajstić information content (AvgIpc) is 2.82. The Balaban J connectivity index is 1.41. The molecule has 34 heavy (non-hydrogen) atoms. The van der Waals surface area contributed by atoms with E-state index in [1.807, 2.05) is 0 Å². The van der Waals surface area contributed by atoms with Crippen molar-refractivity contribution in [3.05, 3.63) is 65.4 Å². The Morgan fingerprint density at radius 2 is 1.88 bits per heavy atom. The first-order valence-corrected chi connectivity index (χ1v) is 10.4. The number of rotatable bonds is 6. The third kappa shape index (κ3) is 5.81. The number of hydrogen-bond acceptors (Lipinski definition) is 8. The van der Waals surface area contributed by atoms with Crippen LogP contribution in [0.25, 0.3) is 0 Å². The lowest BCUT2D eigenvalue weighted by Crippen LogP contribution is -2.37. The van der Waals surface area contributed by atoms with E-state index < -0.39 is 17.6 Å². The second kappa shape index (κ2) is 10.1. The third-order valence-corrected chi connectivity index (χ3v) is 5.07. The van der Waals surface area contributed by atoms with E-state index >= 15 is 0 Å². The van der Waals surface area contributed by atoms with Gasteiger partial charge in [-0.25, -0.2) is 9.37 Å². The number of pyridine rings is 1. The number of alkyl halides is 3. The molecule has 178 valence electrons. The second-order valence-electron chi connectivity index (χ2n) is 7.53. The number of aromatic nitrogens is 3. The van der Waals surface area contributed by atoms with Crippen LogP contribution in [0, 0.1) is 12.7 Å². The summed E-state index contributed by atoms with van der Waals surface area (Å²) < 4.78 is 58.1. The van der Waals surface area contributed by atoms with Gasteiger partial charge in [0.25, 0.3) is 5.95 Å². The molecule has 12 heteroatoms. The van der Waals surface area contributed by atoms with E-state index in [2.05, 4.69) is 30.5 Å². The molecule has 1 aromatic carbocycles. The predicted molar refractivity (Wildman–Crippen MR) is 117 cm³/mol. The maximum atomic E-state index is 14.1. The van der Waals surface area contributed by atoms with Crippen molar-refractivity contribution in [2.24, 2.45) is 10.2 Å². The Labute approximate surface area is 192 Å². The number of hydrogen-bond donors (Lipinski definition) is 1. The highest BCUT2D eigenvalue weighted by Crippen LogP contribution is 2.31. The number of nitrogens with one attached hydrogen (secondary N) is 1. The molecule has 0 saturated carbocycles. The van der Waals surface area contributed by atoms with Crippen molar-refractivity contribution < 1.29 is 22.3 Å². The van der Waals surface area contributed by atoms with E-state index in [9.17, 15) is 17.6 Å². The smallest absolute Gasteiger partial charge is 0.378 e. The van der Waals surface area contributed by atoms with Crippen molar-refractivity contribution in [1.82, 2.24) is 15.0 Å². The molecule has 1 saturated heterocycles. The highest BCUT2D eigenvalue weighted by Gasteiger charge is 2.30. The Hall–Kier alpha value is -3.67. The summed E-state index contributed by atoms with van der Waals surface area (Å²) in [6.07, 6.45) is -1.86. The number of azo groups is 1. The number of nitrogens with zero attached hydrogens (tertiary/aromatic N) is 6.